The lowest BCUT2D eigenvalue weighted by molar-refractivity contribution is -0.283. The number of nitrogens with zero attached hydrogens (tertiary/aromatic N) is 1. The van der Waals surface area contributed by atoms with Crippen LogP contribution < -0.4 is 0 Å². The first kappa shape index (κ1) is 67.1. The molecule has 1 N–H and O–H groups in total. The molecule has 4 fully saturated rings. The van der Waals surface area contributed by atoms with Gasteiger partial charge in [0.05, 0.1) is 37.6 Å². The van der Waals surface area contributed by atoms with Gasteiger partial charge in [-0.1, -0.05) is 71.1 Å². The van der Waals surface area contributed by atoms with Crippen molar-refractivity contribution in [1.82, 2.24) is 4.90 Å². The van der Waals surface area contributed by atoms with E-state index in [1.807, 2.05) is 83.8 Å². The summed E-state index contributed by atoms with van der Waals surface area (Å²) in [5.41, 5.74) is 0.561. The number of amides is 1. The number of Topliss-reactive ketones (excluding diaryl/α,β-unsaturated/α-hetero) is 3. The maximum Gasteiger partial charge on any atom is 0.329 e. The maximum absolute atomic E-state index is 14.8. The number of rotatable bonds is 10. The van der Waals surface area contributed by atoms with Crippen LogP contribution >= 0.6 is 0 Å². The second-order valence-corrected chi connectivity index (χ2v) is 30.2. The standard InChI is InChI=1S/C62H99NO16Si/c1-38-22-18-17-19-23-39(2)50(71-11)34-46-27-25-44(7)62(70,78-46)56(66)57(67)63-29-21-20-24-47(63)58(68)76-51(35-48(64)40(3)31-43(6)54(79-80(14,15)16)55(73-13)53(65)42(5)30-38)41(4)32-45-26-28-49(52(33-45)72-12)77-59(69)61(10)36-74-60(8,9)75-37-61/h17-19,22-23,31,38,40-42,44-47,49-52,54-55,70H,20-21,24-30,32-37H2,1-16H3/b19-17?,22-18+,39-23?,43-31+/t38-,40-,41-,42-,44-,45+,46+,47+,49-,50+,51+,52-,54-,55+,62-/m1/s1/i12+1. The first-order chi connectivity index (χ1) is 37.5. The molecule has 0 aromatic carbocycles. The molecular weight excluding hydrogens is 1040 g/mol. The number of ketones is 3. The Labute approximate surface area is 478 Å². The number of hydrogen-bond donors (Lipinski definition) is 1. The Bertz CT molecular complexity index is 2260. The van der Waals surface area contributed by atoms with E-state index in [9.17, 15) is 33.9 Å². The molecule has 18 heteroatoms. The van der Waals surface area contributed by atoms with E-state index in [0.717, 1.165) is 5.57 Å². The minimum absolute atomic E-state index is 0.0263. The van der Waals surface area contributed by atoms with Crippen LogP contribution in [0.3, 0.4) is 0 Å². The number of aliphatic hydroxyl groups is 1. The predicted octanol–water partition coefficient (Wildman–Crippen LogP) is 9.38. The first-order valence-electron chi connectivity index (χ1n) is 29.4. The first-order valence-corrected chi connectivity index (χ1v) is 32.8. The predicted molar refractivity (Wildman–Crippen MR) is 305 cm³/mol. The van der Waals surface area contributed by atoms with Crippen molar-refractivity contribution in [2.75, 3.05) is 41.1 Å². The molecule has 5 aliphatic rings. The Hall–Kier alpha value is -3.72. The number of methoxy groups -OCH3 is 3. The third kappa shape index (κ3) is 17.9. The molecule has 452 valence electrons. The summed E-state index contributed by atoms with van der Waals surface area (Å²) >= 11 is 0. The zero-order chi connectivity index (χ0) is 59.5. The van der Waals surface area contributed by atoms with Gasteiger partial charge in [0.15, 0.2) is 19.9 Å². The van der Waals surface area contributed by atoms with Crippen molar-refractivity contribution in [3.05, 3.63) is 47.6 Å². The summed E-state index contributed by atoms with van der Waals surface area (Å²) in [5.74, 6) is -9.08. The Morgan fingerprint density at radius 1 is 0.812 bits per heavy atom. The van der Waals surface area contributed by atoms with Crippen LogP contribution in [-0.4, -0.2) is 155 Å². The molecule has 0 aromatic rings. The fraction of sp³-hybridized carbons (Fsp3) is 0.774. The van der Waals surface area contributed by atoms with Crippen LogP contribution in [0.5, 0.6) is 0 Å². The molecule has 5 rings (SSSR count). The summed E-state index contributed by atoms with van der Waals surface area (Å²) in [5, 5.41) is 12.1. The molecule has 1 aliphatic carbocycles. The van der Waals surface area contributed by atoms with E-state index in [1.54, 1.807) is 48.8 Å². The molecule has 4 heterocycles. The lowest BCUT2D eigenvalue weighted by Gasteiger charge is -2.43. The van der Waals surface area contributed by atoms with Crippen LogP contribution in [0.25, 0.3) is 0 Å². The van der Waals surface area contributed by atoms with Gasteiger partial charge in [0.1, 0.15) is 35.6 Å². The molecule has 0 radical (unpaired) electrons. The van der Waals surface area contributed by atoms with Gasteiger partial charge in [0.25, 0.3) is 11.7 Å². The number of esters is 2. The van der Waals surface area contributed by atoms with Gasteiger partial charge in [-0.15, -0.1) is 0 Å². The Morgan fingerprint density at radius 2 is 1.50 bits per heavy atom. The van der Waals surface area contributed by atoms with Crippen molar-refractivity contribution in [3.8, 4) is 0 Å². The quantitative estimate of drug-likeness (QED) is 0.0710. The number of hydrogen-bond acceptors (Lipinski definition) is 16. The number of piperidine rings is 1. The van der Waals surface area contributed by atoms with Gasteiger partial charge >= 0.3 is 11.9 Å². The number of carbonyl (C=O) groups excluding carboxylic acids is 6. The average molecular weight is 1140 g/mol. The van der Waals surface area contributed by atoms with Crippen LogP contribution in [0.15, 0.2) is 47.6 Å². The number of cyclic esters (lactones) is 1. The van der Waals surface area contributed by atoms with Gasteiger partial charge in [0.2, 0.25) is 5.79 Å². The third-order valence-electron chi connectivity index (χ3n) is 17.1. The van der Waals surface area contributed by atoms with Gasteiger partial charge in [0, 0.05) is 58.5 Å². The van der Waals surface area contributed by atoms with Crippen LogP contribution in [0.4, 0.5) is 0 Å². The van der Waals surface area contributed by atoms with E-state index in [4.69, 9.17) is 42.3 Å². The maximum atomic E-state index is 14.8. The zero-order valence-electron chi connectivity index (χ0n) is 51.2. The summed E-state index contributed by atoms with van der Waals surface area (Å²) in [6.07, 6.45) is 12.0. The summed E-state index contributed by atoms with van der Waals surface area (Å²) < 4.78 is 55.0. The van der Waals surface area contributed by atoms with Crippen molar-refractivity contribution < 1.29 is 76.2 Å². The molecule has 1 saturated carbocycles. The lowest BCUT2D eigenvalue weighted by atomic mass is 9.78. The van der Waals surface area contributed by atoms with Gasteiger partial charge in [-0.25, -0.2) is 4.79 Å². The highest BCUT2D eigenvalue weighted by Crippen LogP contribution is 2.40. The number of carbonyl (C=O) groups is 6. The topological polar surface area (TPSA) is 209 Å². The van der Waals surface area contributed by atoms with E-state index < -0.39 is 115 Å². The molecule has 80 heavy (non-hydrogen) atoms. The highest BCUT2D eigenvalue weighted by atomic mass is 28.4. The minimum Gasteiger partial charge on any atom is -0.460 e. The van der Waals surface area contributed by atoms with Crippen LogP contribution in [0.1, 0.15) is 146 Å². The molecule has 0 unspecified atom stereocenters. The van der Waals surface area contributed by atoms with Crippen molar-refractivity contribution in [1.29, 1.82) is 0 Å². The summed E-state index contributed by atoms with van der Waals surface area (Å²) in [6.45, 7) is 25.0. The fourth-order valence-corrected chi connectivity index (χ4v) is 13.0. The summed E-state index contributed by atoms with van der Waals surface area (Å²) in [4.78, 5) is 87.6. The molecular formula is C62H99NO16Si. The van der Waals surface area contributed by atoms with Crippen molar-refractivity contribution >= 4 is 43.5 Å². The number of allylic oxidation sites excluding steroid dienone is 6. The highest BCUT2D eigenvalue weighted by molar-refractivity contribution is 6.69. The van der Waals surface area contributed by atoms with E-state index in [-0.39, 0.29) is 61.9 Å². The molecule has 15 atom stereocenters. The van der Waals surface area contributed by atoms with E-state index in [1.165, 1.54) is 12.0 Å². The van der Waals surface area contributed by atoms with E-state index in [2.05, 4.69) is 6.92 Å². The number of ether oxygens (including phenoxy) is 8. The normalized spacial score (nSPS) is 36.6. The summed E-state index contributed by atoms with van der Waals surface area (Å²) in [6, 6.07) is -1.17. The van der Waals surface area contributed by atoms with Crippen molar-refractivity contribution in [2.45, 2.75) is 226 Å². The van der Waals surface area contributed by atoms with Gasteiger partial charge in [-0.05, 0) is 147 Å². The van der Waals surface area contributed by atoms with Gasteiger partial charge in [-0.3, -0.25) is 24.0 Å². The van der Waals surface area contributed by atoms with Crippen molar-refractivity contribution in [2.24, 2.45) is 40.9 Å². The van der Waals surface area contributed by atoms with Crippen LogP contribution in [0, 0.1) is 40.9 Å². The second-order valence-electron chi connectivity index (χ2n) is 25.7. The second kappa shape index (κ2) is 29.2. The highest BCUT2D eigenvalue weighted by Gasteiger charge is 2.53. The molecule has 17 nitrogen and oxygen atoms in total. The minimum atomic E-state index is -2.45. The summed E-state index contributed by atoms with van der Waals surface area (Å²) in [7, 11) is 2.36. The van der Waals surface area contributed by atoms with Gasteiger partial charge in [-0.2, -0.15) is 0 Å². The monoisotopic (exact) mass is 1140 g/mol. The fourth-order valence-electron chi connectivity index (χ4n) is 11.9. The van der Waals surface area contributed by atoms with Crippen molar-refractivity contribution in [3.63, 3.8) is 0 Å². The third-order valence-corrected chi connectivity index (χ3v) is 18.1. The molecule has 0 aromatic heterocycles. The molecule has 1 amide bonds. The Kier molecular flexibility index (Phi) is 24.5. The smallest absolute Gasteiger partial charge is 0.329 e. The molecule has 0 spiro atoms. The van der Waals surface area contributed by atoms with E-state index in [0.29, 0.717) is 69.8 Å². The average Bonchev–Trinajstić information content (AvgIpc) is 3.40. The number of fused-ring (bicyclic) bond motifs is 3. The Morgan fingerprint density at radius 3 is 2.14 bits per heavy atom. The van der Waals surface area contributed by atoms with E-state index >= 15 is 0 Å². The SMILES string of the molecule is CO[C@H]1C[C@@H]2CC[C@@H](C)[C@@](O)(O2)C(=O)C(=O)N2CCCC[C@H]2C(=O)O[C@H]([C@H](C)C[C@@H]2CC[C@@H](OC(=O)C3(C)COC(C)(C)OC3)[C@H](O[13CH3])C2)CC(=O)[C@H](C)/C=C(\C)[C@@H](O[Si](C)(C)C)[C@@H](OC)C(=O)[C@H](C)C[C@H](C)/C=C/C=CC=C1C. The van der Waals surface area contributed by atoms with Gasteiger partial charge < -0.3 is 52.3 Å². The van der Waals surface area contributed by atoms with Crippen LogP contribution in [-0.2, 0) is 71.1 Å². The zero-order valence-corrected chi connectivity index (χ0v) is 52.2. The Balaban J connectivity index is 1.48. The largest absolute Gasteiger partial charge is 0.460 e. The van der Waals surface area contributed by atoms with Crippen LogP contribution in [0.2, 0.25) is 19.6 Å². The molecule has 3 saturated heterocycles. The molecule has 4 aliphatic heterocycles. The molecule has 2 bridgehead atoms. The lowest BCUT2D eigenvalue weighted by Crippen LogP contribution is -2.61.